The Balaban J connectivity index is 1.86. The quantitative estimate of drug-likeness (QED) is 0.207. The summed E-state index contributed by atoms with van der Waals surface area (Å²) in [6, 6.07) is -3.32. The van der Waals surface area contributed by atoms with Gasteiger partial charge in [0.1, 0.15) is 17.6 Å². The molecule has 4 unspecified atom stereocenters. The van der Waals surface area contributed by atoms with Gasteiger partial charge in [0.2, 0.25) is 31.9 Å². The summed E-state index contributed by atoms with van der Waals surface area (Å²) in [5.41, 5.74) is -2.83. The van der Waals surface area contributed by atoms with Gasteiger partial charge in [-0.3, -0.25) is 19.1 Å². The average molecular weight is 717 g/mol. The first-order valence-corrected chi connectivity index (χ1v) is 19.9. The number of amides is 5. The smallest absolute Gasteiger partial charge is 0.315 e. The zero-order valence-corrected chi connectivity index (χ0v) is 31.7. The second kappa shape index (κ2) is 13.9. The molecule has 14 nitrogen and oxygen atoms in total. The minimum atomic E-state index is -3.86. The number of carbonyl (C=O) groups excluding carboxylic acids is 4. The summed E-state index contributed by atoms with van der Waals surface area (Å²) in [5, 5.41) is 7.85. The first-order valence-electron chi connectivity index (χ1n) is 16.6. The van der Waals surface area contributed by atoms with E-state index in [1.807, 2.05) is 34.6 Å². The summed E-state index contributed by atoms with van der Waals surface area (Å²) in [4.78, 5) is 56.7. The van der Waals surface area contributed by atoms with Gasteiger partial charge in [-0.25, -0.2) is 25.9 Å². The Morgan fingerprint density at radius 3 is 2.00 bits per heavy atom. The normalized spacial score (nSPS) is 26.1. The topological polar surface area (TPSA) is 191 Å². The van der Waals surface area contributed by atoms with Crippen molar-refractivity contribution < 1.29 is 36.0 Å². The number of nitrogens with one attached hydrogen (secondary N) is 4. The maximum Gasteiger partial charge on any atom is 0.315 e. The molecule has 274 valence electrons. The SMILES string of the molecule is C=CC1C[C@]1(NC(=O)C1C(C(C)C)CCN1C(=O)[C@@H](NC(=O)NC(CN(C)S(C)(=O)=O)C(C)(C)C)C(C)(C)C)C(=O)NS(=O)(=O)C1CC1. The summed E-state index contributed by atoms with van der Waals surface area (Å²) in [6.45, 7) is 18.9. The Morgan fingerprint density at radius 1 is 0.979 bits per heavy atom. The highest BCUT2D eigenvalue weighted by atomic mass is 32.2. The number of nitrogens with zero attached hydrogens (tertiary/aromatic N) is 2. The van der Waals surface area contributed by atoms with Gasteiger partial charge in [0.15, 0.2) is 0 Å². The zero-order valence-electron chi connectivity index (χ0n) is 30.0. The van der Waals surface area contributed by atoms with Crippen LogP contribution in [0.4, 0.5) is 4.79 Å². The van der Waals surface area contributed by atoms with Crippen LogP contribution in [0.2, 0.25) is 0 Å². The Hall–Kier alpha value is -2.72. The van der Waals surface area contributed by atoms with Crippen molar-refractivity contribution in [2.75, 3.05) is 26.4 Å². The van der Waals surface area contributed by atoms with Crippen molar-refractivity contribution in [2.24, 2.45) is 28.6 Å². The molecule has 1 heterocycles. The van der Waals surface area contributed by atoms with Crippen LogP contribution in [-0.2, 0) is 34.4 Å². The molecule has 0 aromatic heterocycles. The molecule has 0 aromatic rings. The predicted octanol–water partition coefficient (Wildman–Crippen LogP) is 1.55. The molecule has 3 aliphatic rings. The standard InChI is InChI=1S/C32H56N6O8S2/c1-12-20-17-32(20,28(41)36-48(45,46)21-13-14-21)35-26(39)24-22(19(2)3)15-16-38(24)27(40)25(31(7,8)9)34-29(42)33-23(30(4,5)6)18-37(10)47(11,43)44/h12,19-25H,1,13-18H2,2-11H3,(H,35,39)(H,36,41)(H2,33,34,42)/t20?,22?,23?,24?,25-,32-/m1/s1. The van der Waals surface area contributed by atoms with Crippen molar-refractivity contribution in [1.82, 2.24) is 29.9 Å². The van der Waals surface area contributed by atoms with Gasteiger partial charge in [-0.1, -0.05) is 61.5 Å². The van der Waals surface area contributed by atoms with Gasteiger partial charge in [0.05, 0.1) is 11.5 Å². The lowest BCUT2D eigenvalue weighted by atomic mass is 9.84. The van der Waals surface area contributed by atoms with Gasteiger partial charge in [0.25, 0.3) is 5.91 Å². The number of hydrogen-bond donors (Lipinski definition) is 4. The lowest BCUT2D eigenvalue weighted by Gasteiger charge is -2.38. The largest absolute Gasteiger partial charge is 0.339 e. The number of hydrogen-bond acceptors (Lipinski definition) is 8. The summed E-state index contributed by atoms with van der Waals surface area (Å²) in [6.07, 6.45) is 4.22. The maximum atomic E-state index is 14.3. The molecule has 0 bridgehead atoms. The van der Waals surface area contributed by atoms with Gasteiger partial charge >= 0.3 is 6.03 Å². The molecule has 0 radical (unpaired) electrons. The highest BCUT2D eigenvalue weighted by Gasteiger charge is 2.62. The lowest BCUT2D eigenvalue weighted by Crippen LogP contribution is -2.63. The molecule has 1 saturated heterocycles. The van der Waals surface area contributed by atoms with E-state index in [0.717, 1.165) is 10.6 Å². The van der Waals surface area contributed by atoms with Gasteiger partial charge in [-0.2, -0.15) is 0 Å². The number of likely N-dealkylation sites (tertiary alicyclic amines) is 1. The summed E-state index contributed by atoms with van der Waals surface area (Å²) in [5.74, 6) is -2.63. The summed E-state index contributed by atoms with van der Waals surface area (Å²) in [7, 11) is -5.95. The molecule has 16 heteroatoms. The van der Waals surface area contributed by atoms with Crippen LogP contribution in [0, 0.1) is 28.6 Å². The minimum Gasteiger partial charge on any atom is -0.339 e. The highest BCUT2D eigenvalue weighted by Crippen LogP contribution is 2.46. The molecule has 3 rings (SSSR count). The van der Waals surface area contributed by atoms with E-state index < -0.39 is 89.5 Å². The number of carbonyl (C=O) groups is 4. The van der Waals surface area contributed by atoms with Crippen molar-refractivity contribution in [2.45, 2.75) is 110 Å². The molecule has 5 amide bonds. The van der Waals surface area contributed by atoms with E-state index in [0.29, 0.717) is 19.3 Å². The van der Waals surface area contributed by atoms with E-state index in [4.69, 9.17) is 0 Å². The van der Waals surface area contributed by atoms with Crippen molar-refractivity contribution in [3.63, 3.8) is 0 Å². The van der Waals surface area contributed by atoms with E-state index in [1.165, 1.54) is 18.0 Å². The molecular weight excluding hydrogens is 661 g/mol. The van der Waals surface area contributed by atoms with E-state index in [-0.39, 0.29) is 31.3 Å². The van der Waals surface area contributed by atoms with Crippen molar-refractivity contribution in [3.05, 3.63) is 12.7 Å². The molecular formula is C32H56N6O8S2. The van der Waals surface area contributed by atoms with Crippen LogP contribution in [0.15, 0.2) is 12.7 Å². The highest BCUT2D eigenvalue weighted by molar-refractivity contribution is 7.91. The first kappa shape index (κ1) is 39.7. The minimum absolute atomic E-state index is 0.0112. The number of rotatable bonds is 13. The monoisotopic (exact) mass is 716 g/mol. The molecule has 2 aliphatic carbocycles. The number of sulfonamides is 2. The Bertz CT molecular complexity index is 1500. The molecule has 1 aliphatic heterocycles. The van der Waals surface area contributed by atoms with Crippen molar-refractivity contribution in [3.8, 4) is 0 Å². The number of urea groups is 1. The van der Waals surface area contributed by atoms with E-state index >= 15 is 0 Å². The third-order valence-corrected chi connectivity index (χ3v) is 12.9. The van der Waals surface area contributed by atoms with Crippen LogP contribution in [0.3, 0.4) is 0 Å². The molecule has 4 N–H and O–H groups in total. The van der Waals surface area contributed by atoms with Crippen molar-refractivity contribution >= 4 is 43.8 Å². The third-order valence-electron chi connectivity index (χ3n) is 9.85. The van der Waals surface area contributed by atoms with E-state index in [2.05, 4.69) is 27.3 Å². The first-order chi connectivity index (χ1) is 21.8. The molecule has 3 fully saturated rings. The average Bonchev–Trinajstić information content (AvgIpc) is 3.85. The second-order valence-electron chi connectivity index (χ2n) is 16.2. The lowest BCUT2D eigenvalue weighted by molar-refractivity contribution is -0.144. The van der Waals surface area contributed by atoms with Crippen LogP contribution in [-0.4, -0.2) is 105 Å². The van der Waals surface area contributed by atoms with Crippen LogP contribution in [0.1, 0.15) is 81.1 Å². The second-order valence-corrected chi connectivity index (χ2v) is 20.3. The molecule has 6 atom stereocenters. The molecule has 0 spiro atoms. The van der Waals surface area contributed by atoms with Crippen LogP contribution in [0.5, 0.6) is 0 Å². The predicted molar refractivity (Wildman–Crippen MR) is 183 cm³/mol. The van der Waals surface area contributed by atoms with Crippen molar-refractivity contribution in [1.29, 1.82) is 0 Å². The molecule has 48 heavy (non-hydrogen) atoms. The van der Waals surface area contributed by atoms with Gasteiger partial charge in [0, 0.05) is 32.1 Å². The Labute approximate surface area is 286 Å². The van der Waals surface area contributed by atoms with Crippen LogP contribution < -0.4 is 20.7 Å². The molecule has 0 aromatic carbocycles. The number of likely N-dealkylation sites (N-methyl/N-ethyl adjacent to an activating group) is 1. The Kier molecular flexibility index (Phi) is 11.5. The Morgan fingerprint density at radius 2 is 1.56 bits per heavy atom. The van der Waals surface area contributed by atoms with Gasteiger partial charge in [-0.15, -0.1) is 6.58 Å². The molecule has 2 saturated carbocycles. The van der Waals surface area contributed by atoms with Gasteiger partial charge < -0.3 is 20.9 Å². The summed E-state index contributed by atoms with van der Waals surface area (Å²) < 4.78 is 52.7. The fourth-order valence-corrected chi connectivity index (χ4v) is 7.96. The van der Waals surface area contributed by atoms with Gasteiger partial charge in [-0.05, 0) is 48.3 Å². The fraction of sp³-hybridized carbons (Fsp3) is 0.812. The zero-order chi connectivity index (χ0) is 36.8. The van der Waals surface area contributed by atoms with Crippen LogP contribution in [0.25, 0.3) is 0 Å². The summed E-state index contributed by atoms with van der Waals surface area (Å²) >= 11 is 0. The maximum absolute atomic E-state index is 14.3. The van der Waals surface area contributed by atoms with Crippen LogP contribution >= 0.6 is 0 Å². The fourth-order valence-electron chi connectivity index (χ4n) is 6.18. The third kappa shape index (κ3) is 9.09. The van der Waals surface area contributed by atoms with E-state index in [1.54, 1.807) is 20.8 Å². The van der Waals surface area contributed by atoms with E-state index in [9.17, 15) is 36.0 Å².